The third-order valence-corrected chi connectivity index (χ3v) is 3.28. The lowest BCUT2D eigenvalue weighted by Gasteiger charge is -2.12. The molecular formula is C18H20N2O5. The molecule has 0 bridgehead atoms. The minimum Gasteiger partial charge on any atom is -0.493 e. The zero-order valence-corrected chi connectivity index (χ0v) is 14.1. The number of hydrogen-bond donors (Lipinski definition) is 1. The van der Waals surface area contributed by atoms with Crippen molar-refractivity contribution in [3.63, 3.8) is 0 Å². The molecule has 0 aromatic heterocycles. The Bertz CT molecular complexity index is 746. The Balaban J connectivity index is 1.90. The molecule has 2 aromatic carbocycles. The van der Waals surface area contributed by atoms with Crippen molar-refractivity contribution in [2.24, 2.45) is 10.9 Å². The first-order valence-electron chi connectivity index (χ1n) is 7.53. The van der Waals surface area contributed by atoms with Gasteiger partial charge in [-0.25, -0.2) is 4.79 Å². The van der Waals surface area contributed by atoms with Crippen LogP contribution in [0.4, 0.5) is 0 Å². The number of benzene rings is 2. The summed E-state index contributed by atoms with van der Waals surface area (Å²) in [5.41, 5.74) is 1.24. The summed E-state index contributed by atoms with van der Waals surface area (Å²) >= 11 is 0. The highest BCUT2D eigenvalue weighted by atomic mass is 16.5. The van der Waals surface area contributed by atoms with Crippen LogP contribution in [-0.4, -0.2) is 39.6 Å². The fourth-order valence-corrected chi connectivity index (χ4v) is 2.11. The van der Waals surface area contributed by atoms with Gasteiger partial charge in [0, 0.05) is 0 Å². The summed E-state index contributed by atoms with van der Waals surface area (Å²) in [7, 11) is 2.89. The maximum Gasteiger partial charge on any atom is 0.337 e. The molecule has 132 valence electrons. The summed E-state index contributed by atoms with van der Waals surface area (Å²) in [5.74, 6) is 6.45. The van der Waals surface area contributed by atoms with Gasteiger partial charge in [0.1, 0.15) is 19.0 Å². The first-order chi connectivity index (χ1) is 12.2. The minimum absolute atomic E-state index is 0.305. The van der Waals surface area contributed by atoms with E-state index < -0.39 is 5.97 Å². The normalized spacial score (nSPS) is 10.5. The summed E-state index contributed by atoms with van der Waals surface area (Å²) in [6.07, 6.45) is 1.52. The van der Waals surface area contributed by atoms with Crippen LogP contribution in [0.15, 0.2) is 47.6 Å². The standard InChI is InChI=1S/C18H20N2O5/c1-22-17-10-13(12-20-19)6-7-16(17)25-9-8-24-15-5-3-4-14(11-15)18(21)23-2/h3-7,10-12H,8-9,19H2,1-2H3. The topological polar surface area (TPSA) is 92.4 Å². The lowest BCUT2D eigenvalue weighted by molar-refractivity contribution is 0.0600. The highest BCUT2D eigenvalue weighted by molar-refractivity contribution is 5.89. The van der Waals surface area contributed by atoms with Crippen LogP contribution < -0.4 is 20.1 Å². The Kier molecular flexibility index (Phi) is 6.65. The predicted molar refractivity (Wildman–Crippen MR) is 93.5 cm³/mol. The molecule has 0 saturated carbocycles. The second kappa shape index (κ2) is 9.17. The number of nitrogens with two attached hydrogens (primary N) is 1. The fourth-order valence-electron chi connectivity index (χ4n) is 2.11. The highest BCUT2D eigenvalue weighted by Gasteiger charge is 2.07. The third-order valence-electron chi connectivity index (χ3n) is 3.28. The molecule has 0 heterocycles. The molecule has 0 atom stereocenters. The molecule has 0 aliphatic heterocycles. The van der Waals surface area contributed by atoms with Crippen molar-refractivity contribution < 1.29 is 23.7 Å². The van der Waals surface area contributed by atoms with Gasteiger partial charge in [0.2, 0.25) is 0 Å². The number of hydrazone groups is 1. The van der Waals surface area contributed by atoms with Gasteiger partial charge in [-0.2, -0.15) is 5.10 Å². The largest absolute Gasteiger partial charge is 0.493 e. The molecule has 0 spiro atoms. The molecule has 0 saturated heterocycles. The highest BCUT2D eigenvalue weighted by Crippen LogP contribution is 2.27. The monoisotopic (exact) mass is 344 g/mol. The average molecular weight is 344 g/mol. The summed E-state index contributed by atoms with van der Waals surface area (Å²) in [5, 5.41) is 3.47. The zero-order valence-electron chi connectivity index (χ0n) is 14.1. The molecule has 7 heteroatoms. The quantitative estimate of drug-likeness (QED) is 0.260. The van der Waals surface area contributed by atoms with Crippen molar-refractivity contribution in [1.29, 1.82) is 0 Å². The van der Waals surface area contributed by atoms with Crippen LogP contribution >= 0.6 is 0 Å². The molecule has 0 amide bonds. The van der Waals surface area contributed by atoms with Crippen molar-refractivity contribution in [1.82, 2.24) is 0 Å². The molecule has 2 rings (SSSR count). The second-order valence-corrected chi connectivity index (χ2v) is 4.90. The van der Waals surface area contributed by atoms with Crippen molar-refractivity contribution in [3.8, 4) is 17.2 Å². The molecule has 0 unspecified atom stereocenters. The van der Waals surface area contributed by atoms with Crippen LogP contribution in [-0.2, 0) is 4.74 Å². The van der Waals surface area contributed by atoms with Gasteiger partial charge < -0.3 is 24.8 Å². The number of carbonyl (C=O) groups excluding carboxylic acids is 1. The number of esters is 1. The van der Waals surface area contributed by atoms with E-state index in [1.807, 2.05) is 6.07 Å². The lowest BCUT2D eigenvalue weighted by Crippen LogP contribution is -2.10. The van der Waals surface area contributed by atoms with E-state index in [1.165, 1.54) is 13.3 Å². The summed E-state index contributed by atoms with van der Waals surface area (Å²) < 4.78 is 21.2. The van der Waals surface area contributed by atoms with E-state index in [0.717, 1.165) is 5.56 Å². The number of rotatable bonds is 8. The number of hydrogen-bond acceptors (Lipinski definition) is 7. The van der Waals surface area contributed by atoms with Crippen molar-refractivity contribution in [3.05, 3.63) is 53.6 Å². The van der Waals surface area contributed by atoms with Gasteiger partial charge in [-0.1, -0.05) is 6.07 Å². The zero-order chi connectivity index (χ0) is 18.1. The Morgan fingerprint density at radius 1 is 1.08 bits per heavy atom. The molecule has 0 aliphatic carbocycles. The Morgan fingerprint density at radius 3 is 2.60 bits per heavy atom. The molecule has 25 heavy (non-hydrogen) atoms. The van der Waals surface area contributed by atoms with Crippen molar-refractivity contribution in [2.75, 3.05) is 27.4 Å². The van der Waals surface area contributed by atoms with Crippen LogP contribution in [0.3, 0.4) is 0 Å². The van der Waals surface area contributed by atoms with E-state index >= 15 is 0 Å². The van der Waals surface area contributed by atoms with Gasteiger partial charge in [-0.3, -0.25) is 0 Å². The van der Waals surface area contributed by atoms with Crippen molar-refractivity contribution >= 4 is 12.2 Å². The van der Waals surface area contributed by atoms with Crippen molar-refractivity contribution in [2.45, 2.75) is 0 Å². The lowest BCUT2D eigenvalue weighted by atomic mass is 10.2. The Morgan fingerprint density at radius 2 is 1.88 bits per heavy atom. The van der Waals surface area contributed by atoms with Crippen LogP contribution in [0.1, 0.15) is 15.9 Å². The maximum absolute atomic E-state index is 11.5. The van der Waals surface area contributed by atoms with E-state index in [-0.39, 0.29) is 0 Å². The molecule has 2 aromatic rings. The van der Waals surface area contributed by atoms with E-state index in [4.69, 9.17) is 20.1 Å². The van der Waals surface area contributed by atoms with Crippen LogP contribution in [0.2, 0.25) is 0 Å². The summed E-state index contributed by atoms with van der Waals surface area (Å²) in [6.45, 7) is 0.614. The minimum atomic E-state index is -0.410. The van der Waals surface area contributed by atoms with Gasteiger partial charge in [-0.15, -0.1) is 0 Å². The fraction of sp³-hybridized carbons (Fsp3) is 0.222. The Labute approximate surface area is 145 Å². The molecular weight excluding hydrogens is 324 g/mol. The number of ether oxygens (including phenoxy) is 4. The van der Waals surface area contributed by atoms with Gasteiger partial charge >= 0.3 is 5.97 Å². The van der Waals surface area contributed by atoms with E-state index in [9.17, 15) is 4.79 Å². The molecule has 0 radical (unpaired) electrons. The van der Waals surface area contributed by atoms with E-state index in [2.05, 4.69) is 9.84 Å². The van der Waals surface area contributed by atoms with Gasteiger partial charge in [0.25, 0.3) is 0 Å². The predicted octanol–water partition coefficient (Wildman–Crippen LogP) is 2.23. The first-order valence-corrected chi connectivity index (χ1v) is 7.53. The molecule has 0 aliphatic rings. The smallest absolute Gasteiger partial charge is 0.337 e. The average Bonchev–Trinajstić information content (AvgIpc) is 2.65. The SMILES string of the molecule is COC(=O)c1cccc(OCCOc2ccc(C=NN)cc2OC)c1. The Hall–Kier alpha value is -3.22. The van der Waals surface area contributed by atoms with Gasteiger partial charge in [-0.05, 0) is 42.0 Å². The molecule has 2 N–H and O–H groups in total. The van der Waals surface area contributed by atoms with Crippen LogP contribution in [0.25, 0.3) is 0 Å². The second-order valence-electron chi connectivity index (χ2n) is 4.90. The number of nitrogens with zero attached hydrogens (tertiary/aromatic N) is 1. The van der Waals surface area contributed by atoms with E-state index in [0.29, 0.717) is 36.0 Å². The molecule has 0 fully saturated rings. The maximum atomic E-state index is 11.5. The summed E-state index contributed by atoms with van der Waals surface area (Å²) in [4.78, 5) is 11.5. The van der Waals surface area contributed by atoms with Crippen LogP contribution in [0.5, 0.6) is 17.2 Å². The number of methoxy groups -OCH3 is 2. The van der Waals surface area contributed by atoms with E-state index in [1.54, 1.807) is 43.5 Å². The number of carbonyl (C=O) groups is 1. The first kappa shape index (κ1) is 18.1. The summed E-state index contributed by atoms with van der Waals surface area (Å²) in [6, 6.07) is 12.1. The van der Waals surface area contributed by atoms with Gasteiger partial charge in [0.15, 0.2) is 11.5 Å². The molecule has 7 nitrogen and oxygen atoms in total. The van der Waals surface area contributed by atoms with Gasteiger partial charge in [0.05, 0.1) is 26.0 Å². The van der Waals surface area contributed by atoms with Crippen LogP contribution in [0, 0.1) is 0 Å². The third kappa shape index (κ3) is 5.13.